The van der Waals surface area contributed by atoms with Gasteiger partial charge >= 0.3 is 0 Å². The van der Waals surface area contributed by atoms with E-state index in [0.717, 1.165) is 16.3 Å². The molecule has 8 nitrogen and oxygen atoms in total. The Labute approximate surface area is 197 Å². The van der Waals surface area contributed by atoms with Crippen LogP contribution < -0.4 is 5.32 Å². The molecule has 0 saturated carbocycles. The van der Waals surface area contributed by atoms with E-state index < -0.39 is 0 Å². The maximum Gasteiger partial charge on any atom is 0.271 e. The molecule has 0 unspecified atom stereocenters. The molecule has 4 aromatic heterocycles. The van der Waals surface area contributed by atoms with E-state index in [-0.39, 0.29) is 5.91 Å². The smallest absolute Gasteiger partial charge is 0.271 e. The van der Waals surface area contributed by atoms with Gasteiger partial charge in [0.1, 0.15) is 10.7 Å². The van der Waals surface area contributed by atoms with Crippen LogP contribution in [0.1, 0.15) is 21.1 Å². The lowest BCUT2D eigenvalue weighted by molar-refractivity contribution is 0.0946. The van der Waals surface area contributed by atoms with Crippen molar-refractivity contribution in [2.45, 2.75) is 17.5 Å². The van der Waals surface area contributed by atoms with Crippen molar-refractivity contribution in [2.75, 3.05) is 0 Å². The third kappa shape index (κ3) is 4.86. The zero-order valence-electron chi connectivity index (χ0n) is 17.3. The lowest BCUT2D eigenvalue weighted by Crippen LogP contribution is -2.23. The molecule has 0 aliphatic rings. The van der Waals surface area contributed by atoms with E-state index in [1.807, 2.05) is 59.2 Å². The largest absolute Gasteiger partial charge is 0.461 e. The van der Waals surface area contributed by atoms with Gasteiger partial charge in [0.2, 0.25) is 5.82 Å². The number of thiazole rings is 1. The molecular formula is C23H18N6O2S2. The number of furan rings is 1. The van der Waals surface area contributed by atoms with Gasteiger partial charge in [-0.05, 0) is 35.9 Å². The van der Waals surface area contributed by atoms with Gasteiger partial charge in [-0.15, -0.1) is 21.5 Å². The molecule has 0 aliphatic heterocycles. The van der Waals surface area contributed by atoms with Crippen LogP contribution in [-0.2, 0) is 12.3 Å². The molecule has 1 N–H and O–H groups in total. The van der Waals surface area contributed by atoms with Crippen LogP contribution in [-0.4, -0.2) is 30.6 Å². The molecule has 0 spiro atoms. The van der Waals surface area contributed by atoms with Crippen LogP contribution in [0.5, 0.6) is 0 Å². The Morgan fingerprint density at radius 2 is 2.00 bits per heavy atom. The summed E-state index contributed by atoms with van der Waals surface area (Å²) in [5.74, 6) is 1.62. The highest BCUT2D eigenvalue weighted by atomic mass is 32.2. The fourth-order valence-electron chi connectivity index (χ4n) is 3.12. The molecule has 4 heterocycles. The summed E-state index contributed by atoms with van der Waals surface area (Å²) in [5.41, 5.74) is 2.27. The highest BCUT2D eigenvalue weighted by molar-refractivity contribution is 7.98. The molecule has 0 fully saturated rings. The summed E-state index contributed by atoms with van der Waals surface area (Å²) in [6.07, 6.45) is 5.04. The first-order chi connectivity index (χ1) is 16.3. The van der Waals surface area contributed by atoms with Crippen LogP contribution in [0, 0.1) is 0 Å². The number of para-hydroxylation sites is 1. The van der Waals surface area contributed by atoms with Crippen LogP contribution in [0.2, 0.25) is 0 Å². The molecule has 10 heteroatoms. The Morgan fingerprint density at radius 3 is 2.79 bits per heavy atom. The SMILES string of the molecule is O=C(NCc1cccnc1)c1csc(CSc2nnc(-c3ccco3)n2-c2ccccc2)n1. The van der Waals surface area contributed by atoms with Gasteiger partial charge in [-0.2, -0.15) is 0 Å². The molecule has 0 saturated heterocycles. The number of benzene rings is 1. The average molecular weight is 475 g/mol. The van der Waals surface area contributed by atoms with Crippen molar-refractivity contribution in [3.8, 4) is 17.3 Å². The minimum Gasteiger partial charge on any atom is -0.461 e. The van der Waals surface area contributed by atoms with E-state index in [4.69, 9.17) is 4.42 Å². The number of carbonyl (C=O) groups excluding carboxylic acids is 1. The predicted octanol–water partition coefficient (Wildman–Crippen LogP) is 4.60. The van der Waals surface area contributed by atoms with E-state index in [1.54, 1.807) is 24.0 Å². The molecule has 33 heavy (non-hydrogen) atoms. The van der Waals surface area contributed by atoms with Gasteiger partial charge in [0.15, 0.2) is 10.9 Å². The highest BCUT2D eigenvalue weighted by Gasteiger charge is 2.19. The van der Waals surface area contributed by atoms with E-state index in [9.17, 15) is 4.79 Å². The van der Waals surface area contributed by atoms with Crippen molar-refractivity contribution in [2.24, 2.45) is 0 Å². The van der Waals surface area contributed by atoms with E-state index in [2.05, 4.69) is 25.5 Å². The number of hydrogen-bond donors (Lipinski definition) is 1. The molecular weight excluding hydrogens is 456 g/mol. The van der Waals surface area contributed by atoms with E-state index in [1.165, 1.54) is 23.1 Å². The standard InChI is InChI=1S/C23H18N6O2S2/c30-22(25-13-16-6-4-10-24-12-16)18-14-32-20(26-18)15-33-23-28-27-21(19-9-5-11-31-19)29(23)17-7-2-1-3-8-17/h1-12,14H,13,15H2,(H,25,30). The van der Waals surface area contributed by atoms with Crippen LogP contribution in [0.15, 0.2) is 88.2 Å². The molecule has 5 aromatic rings. The predicted molar refractivity (Wildman–Crippen MR) is 126 cm³/mol. The summed E-state index contributed by atoms with van der Waals surface area (Å²) in [6.45, 7) is 0.407. The number of nitrogens with one attached hydrogen (secondary N) is 1. The van der Waals surface area contributed by atoms with Gasteiger partial charge in [-0.25, -0.2) is 4.98 Å². The van der Waals surface area contributed by atoms with Crippen molar-refractivity contribution < 1.29 is 9.21 Å². The van der Waals surface area contributed by atoms with Gasteiger partial charge < -0.3 is 9.73 Å². The first kappa shape index (κ1) is 21.1. The highest BCUT2D eigenvalue weighted by Crippen LogP contribution is 2.30. The summed E-state index contributed by atoms with van der Waals surface area (Å²) < 4.78 is 7.51. The van der Waals surface area contributed by atoms with Gasteiger partial charge in [0, 0.05) is 30.0 Å². The lowest BCUT2D eigenvalue weighted by atomic mass is 10.3. The third-order valence-electron chi connectivity index (χ3n) is 4.67. The van der Waals surface area contributed by atoms with Crippen LogP contribution in [0.3, 0.4) is 0 Å². The number of thioether (sulfide) groups is 1. The zero-order valence-corrected chi connectivity index (χ0v) is 18.9. The summed E-state index contributed by atoms with van der Waals surface area (Å²) in [7, 11) is 0. The quantitative estimate of drug-likeness (QED) is 0.328. The Kier molecular flexibility index (Phi) is 6.27. The number of pyridine rings is 1. The van der Waals surface area contributed by atoms with Crippen molar-refractivity contribution in [3.63, 3.8) is 0 Å². The molecule has 5 rings (SSSR count). The van der Waals surface area contributed by atoms with Crippen LogP contribution in [0.4, 0.5) is 0 Å². The molecule has 0 aliphatic carbocycles. The summed E-state index contributed by atoms with van der Waals surface area (Å²) >= 11 is 2.95. The Hall–Kier alpha value is -3.76. The Morgan fingerprint density at radius 1 is 1.09 bits per heavy atom. The second-order valence-electron chi connectivity index (χ2n) is 6.91. The van der Waals surface area contributed by atoms with Gasteiger partial charge in [0.25, 0.3) is 5.91 Å². The second-order valence-corrected chi connectivity index (χ2v) is 8.80. The van der Waals surface area contributed by atoms with Gasteiger partial charge in [-0.3, -0.25) is 14.3 Å². The average Bonchev–Trinajstić information content (AvgIpc) is 3.63. The first-order valence-corrected chi connectivity index (χ1v) is 11.9. The maximum absolute atomic E-state index is 12.4. The van der Waals surface area contributed by atoms with Crippen molar-refractivity contribution >= 4 is 29.0 Å². The fraction of sp³-hybridized carbons (Fsp3) is 0.0870. The minimum atomic E-state index is -0.209. The van der Waals surface area contributed by atoms with Crippen molar-refractivity contribution in [3.05, 3.63) is 94.9 Å². The Balaban J connectivity index is 1.29. The fourth-order valence-corrected chi connectivity index (χ4v) is 4.87. The maximum atomic E-state index is 12.4. The van der Waals surface area contributed by atoms with Gasteiger partial charge in [-0.1, -0.05) is 36.0 Å². The normalized spacial score (nSPS) is 10.9. The number of carbonyl (C=O) groups is 1. The molecule has 0 atom stereocenters. The van der Waals surface area contributed by atoms with Crippen LogP contribution in [0.25, 0.3) is 17.3 Å². The van der Waals surface area contributed by atoms with Gasteiger partial charge in [0.05, 0.1) is 12.0 Å². The second kappa shape index (κ2) is 9.80. The van der Waals surface area contributed by atoms with E-state index in [0.29, 0.717) is 34.7 Å². The number of nitrogens with zero attached hydrogens (tertiary/aromatic N) is 5. The number of aromatic nitrogens is 5. The third-order valence-corrected chi connectivity index (χ3v) is 6.65. The topological polar surface area (TPSA) is 98.7 Å². The zero-order chi connectivity index (χ0) is 22.5. The Bertz CT molecular complexity index is 1330. The van der Waals surface area contributed by atoms with Crippen LogP contribution >= 0.6 is 23.1 Å². The van der Waals surface area contributed by atoms with E-state index >= 15 is 0 Å². The molecule has 1 amide bonds. The summed E-state index contributed by atoms with van der Waals surface area (Å²) in [4.78, 5) is 21.0. The van der Waals surface area contributed by atoms with Crippen molar-refractivity contribution in [1.29, 1.82) is 0 Å². The lowest BCUT2D eigenvalue weighted by Gasteiger charge is -2.08. The molecule has 164 valence electrons. The minimum absolute atomic E-state index is 0.209. The molecule has 1 aromatic carbocycles. The summed E-state index contributed by atoms with van der Waals surface area (Å²) in [5, 5.41) is 14.9. The first-order valence-electron chi connectivity index (χ1n) is 10.1. The van der Waals surface area contributed by atoms with Crippen molar-refractivity contribution in [1.82, 2.24) is 30.0 Å². The monoisotopic (exact) mass is 474 g/mol. The number of rotatable bonds is 8. The molecule has 0 radical (unpaired) electrons. The summed E-state index contributed by atoms with van der Waals surface area (Å²) in [6, 6.07) is 17.3. The molecule has 0 bridgehead atoms. The number of amides is 1. The number of hydrogen-bond acceptors (Lipinski definition) is 8.